The van der Waals surface area contributed by atoms with Crippen LogP contribution in [0, 0.1) is 0 Å². The van der Waals surface area contributed by atoms with Gasteiger partial charge in [-0.3, -0.25) is 0 Å². The molecule has 0 aromatic rings. The Kier molecular flexibility index (Phi) is 4.63. The van der Waals surface area contributed by atoms with E-state index in [-0.39, 0.29) is 11.7 Å². The third-order valence-corrected chi connectivity index (χ3v) is 3.13. The lowest BCUT2D eigenvalue weighted by molar-refractivity contribution is -0.138. The molecule has 1 N–H and O–H groups in total. The Morgan fingerprint density at radius 1 is 1.43 bits per heavy atom. The van der Waals surface area contributed by atoms with Crippen LogP contribution in [0.3, 0.4) is 0 Å². The predicted octanol–water partition coefficient (Wildman–Crippen LogP) is 2.66. The molecule has 1 aliphatic carbocycles. The quantitative estimate of drug-likeness (QED) is 0.688. The van der Waals surface area contributed by atoms with Crippen molar-refractivity contribution in [3.8, 4) is 0 Å². The molecular weight excluding hydrogens is 176 g/mol. The Balaban J connectivity index is 2.62. The van der Waals surface area contributed by atoms with Gasteiger partial charge in [-0.15, -0.1) is 6.58 Å². The molecule has 2 heteroatoms. The summed E-state index contributed by atoms with van der Waals surface area (Å²) in [6.45, 7) is 6.36. The fourth-order valence-corrected chi connectivity index (χ4v) is 2.38. The molecule has 2 nitrogen and oxygen atoms in total. The van der Waals surface area contributed by atoms with Gasteiger partial charge in [-0.1, -0.05) is 25.3 Å². The second-order valence-electron chi connectivity index (χ2n) is 4.10. The highest BCUT2D eigenvalue weighted by atomic mass is 16.5. The fraction of sp³-hybridized carbons (Fsp3) is 0.833. The van der Waals surface area contributed by atoms with Crippen LogP contribution in [0.15, 0.2) is 12.7 Å². The molecule has 1 aliphatic rings. The van der Waals surface area contributed by atoms with E-state index >= 15 is 0 Å². The van der Waals surface area contributed by atoms with Gasteiger partial charge in [-0.05, 0) is 26.2 Å². The molecule has 0 aliphatic heterocycles. The van der Waals surface area contributed by atoms with Gasteiger partial charge in [-0.25, -0.2) is 0 Å². The lowest BCUT2D eigenvalue weighted by Crippen LogP contribution is -2.46. The molecule has 0 aromatic heterocycles. The Hall–Kier alpha value is -0.340. The van der Waals surface area contributed by atoms with Gasteiger partial charge >= 0.3 is 0 Å². The minimum atomic E-state index is -0.375. The second-order valence-corrected chi connectivity index (χ2v) is 4.10. The van der Waals surface area contributed by atoms with Crippen LogP contribution >= 0.6 is 0 Å². The average Bonchev–Trinajstić information content (AvgIpc) is 2.20. The van der Waals surface area contributed by atoms with E-state index in [9.17, 15) is 5.11 Å². The minimum absolute atomic E-state index is 0.277. The van der Waals surface area contributed by atoms with Crippen LogP contribution in [0.2, 0.25) is 0 Å². The molecule has 1 fully saturated rings. The normalized spacial score (nSPS) is 23.0. The number of aliphatic hydroxyl groups excluding tert-OH is 1. The maximum atomic E-state index is 10.1. The molecule has 0 aromatic carbocycles. The molecule has 1 rings (SSSR count). The molecule has 82 valence electrons. The Labute approximate surface area is 87.0 Å². The van der Waals surface area contributed by atoms with Gasteiger partial charge < -0.3 is 9.84 Å². The first-order valence-electron chi connectivity index (χ1n) is 5.68. The summed E-state index contributed by atoms with van der Waals surface area (Å²) in [5.41, 5.74) is -0.277. The molecule has 0 spiro atoms. The van der Waals surface area contributed by atoms with E-state index in [2.05, 4.69) is 6.58 Å². The standard InChI is InChI=1S/C12H22O2/c1-3-8-11(13)12(14-4-2)9-6-5-7-10-12/h3,11,13H,1,4-10H2,2H3. The maximum absolute atomic E-state index is 10.1. The third kappa shape index (κ3) is 2.58. The third-order valence-electron chi connectivity index (χ3n) is 3.13. The van der Waals surface area contributed by atoms with Gasteiger partial charge in [0.2, 0.25) is 0 Å². The van der Waals surface area contributed by atoms with Crippen molar-refractivity contribution in [2.75, 3.05) is 6.61 Å². The van der Waals surface area contributed by atoms with E-state index in [1.807, 2.05) is 6.92 Å². The van der Waals surface area contributed by atoms with Crippen molar-refractivity contribution in [1.82, 2.24) is 0 Å². The van der Waals surface area contributed by atoms with Gasteiger partial charge in [0.1, 0.15) is 0 Å². The van der Waals surface area contributed by atoms with Crippen molar-refractivity contribution in [1.29, 1.82) is 0 Å². The maximum Gasteiger partial charge on any atom is 0.0943 e. The number of ether oxygens (including phenoxy) is 1. The fourth-order valence-electron chi connectivity index (χ4n) is 2.38. The molecule has 0 radical (unpaired) electrons. The van der Waals surface area contributed by atoms with Crippen molar-refractivity contribution in [3.63, 3.8) is 0 Å². The highest BCUT2D eigenvalue weighted by molar-refractivity contribution is 4.94. The molecule has 0 bridgehead atoms. The van der Waals surface area contributed by atoms with Crippen LogP contribution in [0.1, 0.15) is 45.4 Å². The molecule has 0 saturated heterocycles. The lowest BCUT2D eigenvalue weighted by Gasteiger charge is -2.40. The van der Waals surface area contributed by atoms with Crippen molar-refractivity contribution in [2.24, 2.45) is 0 Å². The van der Waals surface area contributed by atoms with E-state index in [0.717, 1.165) is 12.8 Å². The summed E-state index contributed by atoms with van der Waals surface area (Å²) in [6, 6.07) is 0. The van der Waals surface area contributed by atoms with Crippen LogP contribution in [0.5, 0.6) is 0 Å². The molecule has 1 unspecified atom stereocenters. The van der Waals surface area contributed by atoms with E-state index in [4.69, 9.17) is 4.74 Å². The van der Waals surface area contributed by atoms with E-state index in [1.54, 1.807) is 6.08 Å². The van der Waals surface area contributed by atoms with E-state index < -0.39 is 0 Å². The van der Waals surface area contributed by atoms with Crippen LogP contribution in [-0.4, -0.2) is 23.4 Å². The van der Waals surface area contributed by atoms with Crippen molar-refractivity contribution >= 4 is 0 Å². The van der Waals surface area contributed by atoms with Gasteiger partial charge in [-0.2, -0.15) is 0 Å². The van der Waals surface area contributed by atoms with Crippen molar-refractivity contribution in [2.45, 2.75) is 57.2 Å². The summed E-state index contributed by atoms with van der Waals surface area (Å²) < 4.78 is 5.79. The first-order chi connectivity index (χ1) is 6.75. The summed E-state index contributed by atoms with van der Waals surface area (Å²) >= 11 is 0. The zero-order chi connectivity index (χ0) is 10.4. The predicted molar refractivity (Wildman–Crippen MR) is 58.3 cm³/mol. The Morgan fingerprint density at radius 3 is 2.57 bits per heavy atom. The first kappa shape index (κ1) is 11.7. The highest BCUT2D eigenvalue weighted by Crippen LogP contribution is 2.35. The van der Waals surface area contributed by atoms with E-state index in [0.29, 0.717) is 13.0 Å². The SMILES string of the molecule is C=CCC(O)C1(OCC)CCCCC1. The molecular formula is C12H22O2. The van der Waals surface area contributed by atoms with Gasteiger partial charge in [0.15, 0.2) is 0 Å². The monoisotopic (exact) mass is 198 g/mol. The van der Waals surface area contributed by atoms with Gasteiger partial charge in [0.25, 0.3) is 0 Å². The van der Waals surface area contributed by atoms with Gasteiger partial charge in [0, 0.05) is 6.61 Å². The Morgan fingerprint density at radius 2 is 2.07 bits per heavy atom. The van der Waals surface area contributed by atoms with Crippen LogP contribution in [0.25, 0.3) is 0 Å². The number of aliphatic hydroxyl groups is 1. The summed E-state index contributed by atoms with van der Waals surface area (Å²) in [5, 5.41) is 10.1. The topological polar surface area (TPSA) is 29.5 Å². The van der Waals surface area contributed by atoms with Crippen LogP contribution in [-0.2, 0) is 4.74 Å². The summed E-state index contributed by atoms with van der Waals surface area (Å²) in [7, 11) is 0. The number of hydrogen-bond donors (Lipinski definition) is 1. The van der Waals surface area contributed by atoms with Crippen molar-refractivity contribution in [3.05, 3.63) is 12.7 Å². The second kappa shape index (κ2) is 5.52. The molecule has 1 saturated carbocycles. The molecule has 0 amide bonds. The minimum Gasteiger partial charge on any atom is -0.390 e. The number of rotatable bonds is 5. The van der Waals surface area contributed by atoms with Gasteiger partial charge in [0.05, 0.1) is 11.7 Å². The zero-order valence-electron chi connectivity index (χ0n) is 9.17. The number of hydrogen-bond acceptors (Lipinski definition) is 2. The highest BCUT2D eigenvalue weighted by Gasteiger charge is 2.38. The summed E-state index contributed by atoms with van der Waals surface area (Å²) in [6.07, 6.45) is 7.66. The first-order valence-corrected chi connectivity index (χ1v) is 5.68. The summed E-state index contributed by atoms with van der Waals surface area (Å²) in [4.78, 5) is 0. The smallest absolute Gasteiger partial charge is 0.0943 e. The summed E-state index contributed by atoms with van der Waals surface area (Å²) in [5.74, 6) is 0. The molecule has 0 heterocycles. The lowest BCUT2D eigenvalue weighted by atomic mass is 9.79. The Bertz CT molecular complexity index is 166. The molecule has 14 heavy (non-hydrogen) atoms. The van der Waals surface area contributed by atoms with E-state index in [1.165, 1.54) is 19.3 Å². The zero-order valence-corrected chi connectivity index (χ0v) is 9.17. The largest absolute Gasteiger partial charge is 0.390 e. The van der Waals surface area contributed by atoms with Crippen molar-refractivity contribution < 1.29 is 9.84 Å². The van der Waals surface area contributed by atoms with Crippen LogP contribution in [0.4, 0.5) is 0 Å². The van der Waals surface area contributed by atoms with Crippen LogP contribution < -0.4 is 0 Å². The average molecular weight is 198 g/mol. The molecule has 1 atom stereocenters.